The number of carbonyl (C=O) groups excluding carboxylic acids is 1. The summed E-state index contributed by atoms with van der Waals surface area (Å²) in [6.07, 6.45) is 6.68. The molecule has 0 aliphatic rings. The molecule has 2 aromatic rings. The first-order chi connectivity index (χ1) is 15.9. The summed E-state index contributed by atoms with van der Waals surface area (Å²) in [5.74, 6) is 0.831. The van der Waals surface area contributed by atoms with E-state index in [0.717, 1.165) is 60.5 Å². The quantitative estimate of drug-likeness (QED) is 0.282. The highest BCUT2D eigenvalue weighted by molar-refractivity contribution is 7.13. The average Bonchev–Trinajstić information content (AvgIpc) is 3.28. The van der Waals surface area contributed by atoms with E-state index >= 15 is 0 Å². The molecule has 2 rings (SSSR count). The van der Waals surface area contributed by atoms with E-state index in [9.17, 15) is 4.79 Å². The van der Waals surface area contributed by atoms with E-state index in [2.05, 4.69) is 19.2 Å². The number of methoxy groups -OCH3 is 1. The van der Waals surface area contributed by atoms with E-state index in [1.165, 1.54) is 6.42 Å². The van der Waals surface area contributed by atoms with Crippen molar-refractivity contribution in [3.63, 3.8) is 0 Å². The third-order valence-electron chi connectivity index (χ3n) is 5.44. The van der Waals surface area contributed by atoms with Crippen LogP contribution in [0.2, 0.25) is 0 Å². The van der Waals surface area contributed by atoms with Crippen LogP contribution >= 0.6 is 11.3 Å². The smallest absolute Gasteiger partial charge is 0.408 e. The molecule has 184 valence electrons. The van der Waals surface area contributed by atoms with Crippen molar-refractivity contribution in [2.24, 2.45) is 0 Å². The second-order valence-electron chi connectivity index (χ2n) is 8.82. The fourth-order valence-electron chi connectivity index (χ4n) is 3.49. The molecule has 1 unspecified atom stereocenters. The van der Waals surface area contributed by atoms with Gasteiger partial charge in [-0.3, -0.25) is 0 Å². The van der Waals surface area contributed by atoms with Crippen LogP contribution in [0, 0.1) is 0 Å². The molecular weight excluding hydrogens is 436 g/mol. The molecule has 0 radical (unpaired) electrons. The van der Waals surface area contributed by atoms with Crippen molar-refractivity contribution >= 4 is 17.4 Å². The Morgan fingerprint density at radius 3 is 2.48 bits per heavy atom. The van der Waals surface area contributed by atoms with Crippen molar-refractivity contribution in [1.82, 2.24) is 10.3 Å². The van der Waals surface area contributed by atoms with Crippen LogP contribution in [0.25, 0.3) is 10.6 Å². The molecule has 1 atom stereocenters. The summed E-state index contributed by atoms with van der Waals surface area (Å²) in [5, 5.41) is 5.91. The molecule has 1 aromatic carbocycles. The normalized spacial score (nSPS) is 12.4. The number of unbranched alkanes of at least 4 members (excludes halogenated alkanes) is 2. The number of alkyl carbamates (subject to hydrolysis) is 1. The number of amides is 1. The van der Waals surface area contributed by atoms with Crippen LogP contribution in [-0.2, 0) is 15.0 Å². The van der Waals surface area contributed by atoms with Crippen LogP contribution in [0.5, 0.6) is 5.75 Å². The van der Waals surface area contributed by atoms with E-state index in [1.807, 2.05) is 43.5 Å². The zero-order chi connectivity index (χ0) is 24.1. The van der Waals surface area contributed by atoms with Gasteiger partial charge in [0.1, 0.15) is 16.9 Å². The third-order valence-corrected chi connectivity index (χ3v) is 6.33. The number of nitrogens with zero attached hydrogens (tertiary/aromatic N) is 1. The van der Waals surface area contributed by atoms with E-state index < -0.39 is 5.54 Å². The molecule has 0 aliphatic heterocycles. The molecule has 0 fully saturated rings. The van der Waals surface area contributed by atoms with Crippen molar-refractivity contribution in [2.75, 3.05) is 20.3 Å². The lowest BCUT2D eigenvalue weighted by atomic mass is 10.0. The Morgan fingerprint density at radius 2 is 1.82 bits per heavy atom. The fourth-order valence-corrected chi connectivity index (χ4v) is 4.48. The Kier molecular flexibility index (Phi) is 11.7. The van der Waals surface area contributed by atoms with Crippen LogP contribution < -0.4 is 10.1 Å². The lowest BCUT2D eigenvalue weighted by Crippen LogP contribution is -2.42. The van der Waals surface area contributed by atoms with Gasteiger partial charge in [-0.2, -0.15) is 0 Å². The lowest BCUT2D eigenvalue weighted by Gasteiger charge is -2.26. The first kappa shape index (κ1) is 27.1. The predicted octanol–water partition coefficient (Wildman–Crippen LogP) is 6.94. The maximum absolute atomic E-state index is 12.6. The maximum Gasteiger partial charge on any atom is 0.408 e. The van der Waals surface area contributed by atoms with Gasteiger partial charge in [-0.1, -0.05) is 33.1 Å². The Hall–Kier alpha value is -2.12. The van der Waals surface area contributed by atoms with Crippen LogP contribution in [0.15, 0.2) is 29.6 Å². The number of carbonyl (C=O) groups is 1. The minimum Gasteiger partial charge on any atom is -0.494 e. The van der Waals surface area contributed by atoms with Crippen molar-refractivity contribution in [2.45, 2.75) is 84.3 Å². The van der Waals surface area contributed by atoms with E-state index in [0.29, 0.717) is 13.2 Å². The van der Waals surface area contributed by atoms with Gasteiger partial charge in [0.25, 0.3) is 0 Å². The summed E-state index contributed by atoms with van der Waals surface area (Å²) in [6.45, 7) is 9.53. The molecular formula is C26H40N2O4S. The average molecular weight is 477 g/mol. The van der Waals surface area contributed by atoms with Gasteiger partial charge in [0.2, 0.25) is 0 Å². The number of hydrogen-bond donors (Lipinski definition) is 1. The van der Waals surface area contributed by atoms with Crippen LogP contribution in [0.1, 0.15) is 78.3 Å². The first-order valence-electron chi connectivity index (χ1n) is 12.1. The molecule has 1 amide bonds. The van der Waals surface area contributed by atoms with Gasteiger partial charge in [-0.25, -0.2) is 9.78 Å². The second-order valence-corrected chi connectivity index (χ2v) is 9.68. The third kappa shape index (κ3) is 9.33. The highest BCUT2D eigenvalue weighted by Crippen LogP contribution is 2.30. The number of hydrogen-bond acceptors (Lipinski definition) is 6. The van der Waals surface area contributed by atoms with Crippen molar-refractivity contribution < 1.29 is 19.0 Å². The number of nitrogens with one attached hydrogen (secondary N) is 1. The number of aromatic nitrogens is 1. The summed E-state index contributed by atoms with van der Waals surface area (Å²) in [7, 11) is 1.69. The summed E-state index contributed by atoms with van der Waals surface area (Å²) in [4.78, 5) is 17.4. The molecule has 0 saturated heterocycles. The van der Waals surface area contributed by atoms with E-state index in [-0.39, 0.29) is 12.2 Å². The number of rotatable bonds is 15. The molecule has 0 saturated carbocycles. The van der Waals surface area contributed by atoms with Crippen LogP contribution in [-0.4, -0.2) is 37.5 Å². The molecule has 1 aromatic heterocycles. The molecule has 0 spiro atoms. The SMILES string of the molecule is CCCCCC(CCC)OC(=O)NC(C)(C)c1csc(-c2ccc(OCCCOC)cc2)n1. The van der Waals surface area contributed by atoms with Gasteiger partial charge in [0, 0.05) is 31.1 Å². The van der Waals surface area contributed by atoms with Crippen molar-refractivity contribution in [3.05, 3.63) is 35.3 Å². The van der Waals surface area contributed by atoms with E-state index in [1.54, 1.807) is 18.4 Å². The zero-order valence-corrected chi connectivity index (χ0v) is 21.6. The van der Waals surface area contributed by atoms with Gasteiger partial charge in [-0.15, -0.1) is 11.3 Å². The highest BCUT2D eigenvalue weighted by atomic mass is 32.1. The minimum atomic E-state index is -0.629. The predicted molar refractivity (Wildman–Crippen MR) is 135 cm³/mol. The van der Waals surface area contributed by atoms with Gasteiger partial charge in [-0.05, 0) is 57.4 Å². The highest BCUT2D eigenvalue weighted by Gasteiger charge is 2.28. The molecule has 7 heteroatoms. The second kappa shape index (κ2) is 14.2. The summed E-state index contributed by atoms with van der Waals surface area (Å²) in [6, 6.07) is 7.93. The number of ether oxygens (including phenoxy) is 3. The topological polar surface area (TPSA) is 69.7 Å². The molecule has 1 N–H and O–H groups in total. The van der Waals surface area contributed by atoms with Crippen LogP contribution in [0.3, 0.4) is 0 Å². The molecule has 0 aliphatic carbocycles. The summed E-state index contributed by atoms with van der Waals surface area (Å²) >= 11 is 1.56. The molecule has 6 nitrogen and oxygen atoms in total. The summed E-state index contributed by atoms with van der Waals surface area (Å²) < 4.78 is 16.5. The molecule has 1 heterocycles. The Morgan fingerprint density at radius 1 is 1.06 bits per heavy atom. The molecule has 33 heavy (non-hydrogen) atoms. The Balaban J connectivity index is 1.94. The Labute approximate surface area is 203 Å². The Bertz CT molecular complexity index is 820. The largest absolute Gasteiger partial charge is 0.494 e. The number of thiazole rings is 1. The zero-order valence-electron chi connectivity index (χ0n) is 20.8. The lowest BCUT2D eigenvalue weighted by molar-refractivity contribution is 0.0783. The minimum absolute atomic E-state index is 0.0291. The van der Waals surface area contributed by atoms with Gasteiger partial charge >= 0.3 is 6.09 Å². The van der Waals surface area contributed by atoms with Gasteiger partial charge in [0.05, 0.1) is 17.8 Å². The van der Waals surface area contributed by atoms with Crippen molar-refractivity contribution in [1.29, 1.82) is 0 Å². The van der Waals surface area contributed by atoms with Crippen molar-refractivity contribution in [3.8, 4) is 16.3 Å². The van der Waals surface area contributed by atoms with Gasteiger partial charge < -0.3 is 19.5 Å². The fraction of sp³-hybridized carbons (Fsp3) is 0.615. The van der Waals surface area contributed by atoms with E-state index in [4.69, 9.17) is 19.2 Å². The monoisotopic (exact) mass is 476 g/mol. The maximum atomic E-state index is 12.6. The van der Waals surface area contributed by atoms with Gasteiger partial charge in [0.15, 0.2) is 0 Å². The first-order valence-corrected chi connectivity index (χ1v) is 12.9. The van der Waals surface area contributed by atoms with Crippen LogP contribution in [0.4, 0.5) is 4.79 Å². The number of benzene rings is 1. The summed E-state index contributed by atoms with van der Waals surface area (Å²) in [5.41, 5.74) is 1.21. The molecule has 0 bridgehead atoms. The standard InChI is InChI=1S/C26H40N2O4S/c1-6-8-9-12-22(11-7-2)32-25(29)28-26(3,4)23-19-33-24(27-23)20-13-15-21(16-14-20)31-18-10-17-30-5/h13-16,19,22H,6-12,17-18H2,1-5H3,(H,28,29).